The summed E-state index contributed by atoms with van der Waals surface area (Å²) >= 11 is 0. The van der Waals surface area contributed by atoms with Crippen LogP contribution in [0.15, 0.2) is 53.1 Å². The van der Waals surface area contributed by atoms with E-state index >= 15 is 0 Å². The highest BCUT2D eigenvalue weighted by Crippen LogP contribution is 2.33. The first kappa shape index (κ1) is 13.8. The van der Waals surface area contributed by atoms with Gasteiger partial charge in [-0.15, -0.1) is 0 Å². The minimum Gasteiger partial charge on any atom is -0.477 e. The molecule has 2 heterocycles. The van der Waals surface area contributed by atoms with E-state index in [1.54, 1.807) is 6.20 Å². The molecule has 4 heteroatoms. The van der Waals surface area contributed by atoms with Crippen LogP contribution in [0.5, 0.6) is 5.88 Å². The fourth-order valence-electron chi connectivity index (χ4n) is 2.77. The zero-order chi connectivity index (χ0) is 15.8. The fourth-order valence-corrected chi connectivity index (χ4v) is 2.77. The van der Waals surface area contributed by atoms with Gasteiger partial charge in [0, 0.05) is 10.9 Å². The first-order valence-electron chi connectivity index (χ1n) is 7.64. The van der Waals surface area contributed by atoms with Gasteiger partial charge in [0.15, 0.2) is 0 Å². The molecular weight excluding hydrogens is 288 g/mol. The van der Waals surface area contributed by atoms with Crippen molar-refractivity contribution >= 4 is 22.0 Å². The van der Waals surface area contributed by atoms with Crippen molar-refractivity contribution in [3.05, 3.63) is 54.2 Å². The van der Waals surface area contributed by atoms with Crippen LogP contribution >= 0.6 is 0 Å². The van der Waals surface area contributed by atoms with Crippen LogP contribution in [-0.2, 0) is 0 Å². The van der Waals surface area contributed by atoms with Gasteiger partial charge in [0.2, 0.25) is 5.88 Å². The molecule has 2 aromatic heterocycles. The molecule has 4 aromatic rings. The summed E-state index contributed by atoms with van der Waals surface area (Å²) in [6.45, 7) is 4.55. The Hall–Kier alpha value is -2.88. The van der Waals surface area contributed by atoms with E-state index in [0.29, 0.717) is 12.5 Å². The van der Waals surface area contributed by atoms with Crippen LogP contribution < -0.4 is 4.74 Å². The van der Waals surface area contributed by atoms with E-state index in [1.807, 2.05) is 50.2 Å². The molecule has 114 valence electrons. The van der Waals surface area contributed by atoms with E-state index < -0.39 is 0 Å². The van der Waals surface area contributed by atoms with Crippen LogP contribution in [0.4, 0.5) is 0 Å². The topological polar surface area (TPSA) is 48.2 Å². The van der Waals surface area contributed by atoms with E-state index in [1.165, 1.54) is 0 Å². The van der Waals surface area contributed by atoms with Crippen LogP contribution in [0.3, 0.4) is 0 Å². The summed E-state index contributed by atoms with van der Waals surface area (Å²) < 4.78 is 11.4. The number of hydrogen-bond acceptors (Lipinski definition) is 4. The molecule has 0 spiro atoms. The lowest BCUT2D eigenvalue weighted by Crippen LogP contribution is -1.97. The van der Waals surface area contributed by atoms with Gasteiger partial charge in [-0.25, -0.2) is 9.97 Å². The number of aromatic nitrogens is 2. The highest BCUT2D eigenvalue weighted by Gasteiger charge is 2.13. The van der Waals surface area contributed by atoms with Crippen molar-refractivity contribution in [1.82, 2.24) is 9.97 Å². The second-order valence-electron chi connectivity index (χ2n) is 5.47. The summed E-state index contributed by atoms with van der Waals surface area (Å²) in [5, 5.41) is 1.08. The molecule has 0 unspecified atom stereocenters. The van der Waals surface area contributed by atoms with Gasteiger partial charge in [-0.3, -0.25) is 0 Å². The standard InChI is InChI=1S/C19H16N2O2/c1-3-22-18-11-20-19-14(8-12(2)9-15(19)21-18)17-10-13-6-4-5-7-16(13)23-17/h4-11H,3H2,1-2H3. The molecule has 0 fully saturated rings. The molecule has 0 N–H and O–H groups in total. The van der Waals surface area contributed by atoms with Crippen molar-refractivity contribution in [2.45, 2.75) is 13.8 Å². The maximum Gasteiger partial charge on any atom is 0.232 e. The Morgan fingerprint density at radius 3 is 2.83 bits per heavy atom. The minimum absolute atomic E-state index is 0.543. The van der Waals surface area contributed by atoms with Crippen LogP contribution in [-0.4, -0.2) is 16.6 Å². The predicted molar refractivity (Wildman–Crippen MR) is 90.7 cm³/mol. The molecule has 0 saturated heterocycles. The lowest BCUT2D eigenvalue weighted by molar-refractivity contribution is 0.327. The Morgan fingerprint density at radius 1 is 1.13 bits per heavy atom. The molecule has 0 saturated carbocycles. The van der Waals surface area contributed by atoms with Gasteiger partial charge in [0.1, 0.15) is 11.3 Å². The van der Waals surface area contributed by atoms with Crippen LogP contribution in [0.2, 0.25) is 0 Å². The number of furan rings is 1. The second-order valence-corrected chi connectivity index (χ2v) is 5.47. The lowest BCUT2D eigenvalue weighted by Gasteiger charge is -2.07. The maximum atomic E-state index is 6.00. The van der Waals surface area contributed by atoms with Crippen molar-refractivity contribution in [3.63, 3.8) is 0 Å². The molecule has 4 nitrogen and oxygen atoms in total. The Kier molecular flexibility index (Phi) is 3.23. The number of para-hydroxylation sites is 1. The average Bonchev–Trinajstić information content (AvgIpc) is 2.98. The largest absolute Gasteiger partial charge is 0.477 e. The number of ether oxygens (including phenoxy) is 1. The zero-order valence-electron chi connectivity index (χ0n) is 13.0. The molecule has 0 amide bonds. The number of benzene rings is 2. The summed E-state index contributed by atoms with van der Waals surface area (Å²) in [6, 6.07) is 14.1. The highest BCUT2D eigenvalue weighted by atomic mass is 16.5. The van der Waals surface area contributed by atoms with Crippen molar-refractivity contribution < 1.29 is 9.15 Å². The van der Waals surface area contributed by atoms with Crippen molar-refractivity contribution in [2.24, 2.45) is 0 Å². The lowest BCUT2D eigenvalue weighted by atomic mass is 10.1. The third-order valence-electron chi connectivity index (χ3n) is 3.75. The van der Waals surface area contributed by atoms with Crippen molar-refractivity contribution in [2.75, 3.05) is 6.61 Å². The summed E-state index contributed by atoms with van der Waals surface area (Å²) in [7, 11) is 0. The molecule has 0 aliphatic heterocycles. The average molecular weight is 304 g/mol. The van der Waals surface area contributed by atoms with Crippen LogP contribution in [0.25, 0.3) is 33.3 Å². The normalized spacial score (nSPS) is 11.2. The monoisotopic (exact) mass is 304 g/mol. The SMILES string of the molecule is CCOc1cnc2c(-c3cc4ccccc4o3)cc(C)cc2n1. The minimum atomic E-state index is 0.543. The van der Waals surface area contributed by atoms with Gasteiger partial charge in [-0.2, -0.15) is 0 Å². The van der Waals surface area contributed by atoms with E-state index in [9.17, 15) is 0 Å². The smallest absolute Gasteiger partial charge is 0.232 e. The van der Waals surface area contributed by atoms with Crippen molar-refractivity contribution in [3.8, 4) is 17.2 Å². The molecule has 4 rings (SSSR count). The summed E-state index contributed by atoms with van der Waals surface area (Å²) in [6.07, 6.45) is 1.66. The molecule has 0 atom stereocenters. The Labute approximate surface area is 133 Å². The van der Waals surface area contributed by atoms with E-state index in [-0.39, 0.29) is 0 Å². The first-order chi connectivity index (χ1) is 11.2. The third kappa shape index (κ3) is 2.42. The Bertz CT molecular complexity index is 972. The second kappa shape index (κ2) is 5.39. The van der Waals surface area contributed by atoms with Gasteiger partial charge < -0.3 is 9.15 Å². The fraction of sp³-hybridized carbons (Fsp3) is 0.158. The van der Waals surface area contributed by atoms with E-state index in [2.05, 4.69) is 16.0 Å². The number of hydrogen-bond donors (Lipinski definition) is 0. The molecule has 0 radical (unpaired) electrons. The van der Waals surface area contributed by atoms with E-state index in [0.717, 1.165) is 38.9 Å². The number of fused-ring (bicyclic) bond motifs is 2. The molecule has 0 bridgehead atoms. The zero-order valence-corrected chi connectivity index (χ0v) is 13.0. The Balaban J connectivity index is 1.94. The van der Waals surface area contributed by atoms with Crippen molar-refractivity contribution in [1.29, 1.82) is 0 Å². The van der Waals surface area contributed by atoms with Crippen LogP contribution in [0.1, 0.15) is 12.5 Å². The summed E-state index contributed by atoms with van der Waals surface area (Å²) in [5.41, 5.74) is 4.56. The molecular formula is C19H16N2O2. The molecule has 23 heavy (non-hydrogen) atoms. The van der Waals surface area contributed by atoms with Gasteiger partial charge >= 0.3 is 0 Å². The first-order valence-corrected chi connectivity index (χ1v) is 7.64. The molecule has 0 aliphatic carbocycles. The molecule has 2 aromatic carbocycles. The number of nitrogens with zero attached hydrogens (tertiary/aromatic N) is 2. The van der Waals surface area contributed by atoms with Gasteiger partial charge in [-0.1, -0.05) is 18.2 Å². The molecule has 0 aliphatic rings. The summed E-state index contributed by atoms with van der Waals surface area (Å²) in [5.74, 6) is 1.35. The predicted octanol–water partition coefficient (Wildman–Crippen LogP) is 4.75. The third-order valence-corrected chi connectivity index (χ3v) is 3.75. The highest BCUT2D eigenvalue weighted by molar-refractivity contribution is 5.93. The number of rotatable bonds is 3. The van der Waals surface area contributed by atoms with E-state index in [4.69, 9.17) is 9.15 Å². The summed E-state index contributed by atoms with van der Waals surface area (Å²) in [4.78, 5) is 9.08. The quantitative estimate of drug-likeness (QED) is 0.548. The number of aryl methyl sites for hydroxylation is 1. The van der Waals surface area contributed by atoms with Gasteiger partial charge in [0.05, 0.1) is 23.8 Å². The maximum absolute atomic E-state index is 6.00. The van der Waals surface area contributed by atoms with Crippen LogP contribution in [0, 0.1) is 6.92 Å². The van der Waals surface area contributed by atoms with Gasteiger partial charge in [-0.05, 0) is 43.7 Å². The van der Waals surface area contributed by atoms with Gasteiger partial charge in [0.25, 0.3) is 0 Å². The Morgan fingerprint density at radius 2 is 2.00 bits per heavy atom.